The van der Waals surface area contributed by atoms with Crippen LogP contribution in [0.1, 0.15) is 17.3 Å². The number of nitrogens with one attached hydrogen (secondary N) is 2. The smallest absolute Gasteiger partial charge is 0.261 e. The highest BCUT2D eigenvalue weighted by atomic mass is 35.5. The van der Waals surface area contributed by atoms with Crippen molar-refractivity contribution in [2.24, 2.45) is 0 Å². The zero-order valence-electron chi connectivity index (χ0n) is 15.0. The maximum Gasteiger partial charge on any atom is 0.261 e. The van der Waals surface area contributed by atoms with E-state index in [1.54, 1.807) is 24.3 Å². The van der Waals surface area contributed by atoms with Gasteiger partial charge in [0.25, 0.3) is 15.9 Å². The number of halogens is 1. The van der Waals surface area contributed by atoms with E-state index in [-0.39, 0.29) is 22.0 Å². The summed E-state index contributed by atoms with van der Waals surface area (Å²) in [6, 6.07) is 10.5. The van der Waals surface area contributed by atoms with Crippen LogP contribution in [0.15, 0.2) is 47.4 Å². The molecule has 0 bridgehead atoms. The van der Waals surface area contributed by atoms with Gasteiger partial charge in [-0.25, -0.2) is 8.42 Å². The molecular formula is C18H21ClN2O5S. The fourth-order valence-electron chi connectivity index (χ4n) is 2.21. The van der Waals surface area contributed by atoms with Crippen molar-refractivity contribution >= 4 is 33.2 Å². The molecule has 2 N–H and O–H groups in total. The van der Waals surface area contributed by atoms with Gasteiger partial charge in [0.05, 0.1) is 28.7 Å². The molecule has 0 aliphatic rings. The highest BCUT2D eigenvalue weighted by molar-refractivity contribution is 7.92. The minimum Gasteiger partial charge on any atom is -0.494 e. The maximum atomic E-state index is 12.6. The number of anilines is 1. The van der Waals surface area contributed by atoms with Gasteiger partial charge in [-0.15, -0.1) is 0 Å². The van der Waals surface area contributed by atoms with Crippen molar-refractivity contribution in [2.75, 3.05) is 31.6 Å². The van der Waals surface area contributed by atoms with Crippen molar-refractivity contribution in [2.45, 2.75) is 11.8 Å². The highest BCUT2D eigenvalue weighted by Gasteiger charge is 2.19. The van der Waals surface area contributed by atoms with E-state index in [0.29, 0.717) is 24.7 Å². The van der Waals surface area contributed by atoms with Crippen LogP contribution >= 0.6 is 11.6 Å². The summed E-state index contributed by atoms with van der Waals surface area (Å²) in [5.41, 5.74) is 0.446. The lowest BCUT2D eigenvalue weighted by atomic mass is 10.2. The molecule has 0 spiro atoms. The molecule has 2 aromatic carbocycles. The van der Waals surface area contributed by atoms with E-state index in [9.17, 15) is 13.2 Å². The largest absolute Gasteiger partial charge is 0.494 e. The monoisotopic (exact) mass is 412 g/mol. The molecule has 0 saturated heterocycles. The lowest BCUT2D eigenvalue weighted by molar-refractivity contribution is 0.0937. The average molecular weight is 413 g/mol. The van der Waals surface area contributed by atoms with Crippen LogP contribution in [0.3, 0.4) is 0 Å². The van der Waals surface area contributed by atoms with Crippen LogP contribution in [0.25, 0.3) is 0 Å². The van der Waals surface area contributed by atoms with Gasteiger partial charge in [0, 0.05) is 19.3 Å². The second-order valence-electron chi connectivity index (χ2n) is 5.45. The molecule has 0 saturated carbocycles. The summed E-state index contributed by atoms with van der Waals surface area (Å²) in [5, 5.41) is 2.77. The van der Waals surface area contributed by atoms with Crippen molar-refractivity contribution in [1.29, 1.82) is 0 Å². The zero-order valence-corrected chi connectivity index (χ0v) is 16.6. The quantitative estimate of drug-likeness (QED) is 0.617. The van der Waals surface area contributed by atoms with Crippen LogP contribution in [0.2, 0.25) is 5.02 Å². The van der Waals surface area contributed by atoms with Gasteiger partial charge in [0.15, 0.2) is 0 Å². The molecule has 2 rings (SSSR count). The fraction of sp³-hybridized carbons (Fsp3) is 0.278. The molecule has 1 amide bonds. The molecule has 7 nitrogen and oxygen atoms in total. The molecule has 0 heterocycles. The first-order chi connectivity index (χ1) is 12.9. The molecule has 0 fully saturated rings. The molecule has 0 atom stereocenters. The van der Waals surface area contributed by atoms with E-state index >= 15 is 0 Å². The minimum absolute atomic E-state index is 0.0716. The number of methoxy groups -OCH3 is 1. The molecule has 2 aromatic rings. The first kappa shape index (κ1) is 21.0. The summed E-state index contributed by atoms with van der Waals surface area (Å²) < 4.78 is 37.9. The van der Waals surface area contributed by atoms with E-state index in [1.807, 2.05) is 6.92 Å². The number of carbonyl (C=O) groups excluding carboxylic acids is 1. The van der Waals surface area contributed by atoms with E-state index in [1.165, 1.54) is 25.3 Å². The summed E-state index contributed by atoms with van der Waals surface area (Å²) in [5.74, 6) is 0.164. The number of hydrogen-bond donors (Lipinski definition) is 2. The standard InChI is InChI=1S/C18H21ClN2O5S/c1-3-26-14-6-4-13(5-7-14)21-27(23,24)15-8-9-17(19)16(12-15)18(22)20-10-11-25-2/h4-9,12,21H,3,10-11H2,1-2H3,(H,20,22). The summed E-state index contributed by atoms with van der Waals surface area (Å²) in [6.07, 6.45) is 0. The van der Waals surface area contributed by atoms with Crippen LogP contribution in [-0.4, -0.2) is 41.2 Å². The Morgan fingerprint density at radius 1 is 1.15 bits per heavy atom. The van der Waals surface area contributed by atoms with Gasteiger partial charge in [0.2, 0.25) is 0 Å². The number of benzene rings is 2. The third kappa shape index (κ3) is 5.85. The SMILES string of the molecule is CCOc1ccc(NS(=O)(=O)c2ccc(Cl)c(C(=O)NCCOC)c2)cc1. The lowest BCUT2D eigenvalue weighted by Crippen LogP contribution is -2.27. The average Bonchev–Trinajstić information content (AvgIpc) is 2.63. The van der Waals surface area contributed by atoms with Crippen molar-refractivity contribution in [3.63, 3.8) is 0 Å². The fourth-order valence-corrected chi connectivity index (χ4v) is 3.50. The van der Waals surface area contributed by atoms with Crippen LogP contribution in [0, 0.1) is 0 Å². The normalized spacial score (nSPS) is 11.1. The summed E-state index contributed by atoms with van der Waals surface area (Å²) in [7, 11) is -2.38. The van der Waals surface area contributed by atoms with Gasteiger partial charge < -0.3 is 14.8 Å². The Balaban J connectivity index is 2.20. The zero-order chi connectivity index (χ0) is 19.9. The number of carbonyl (C=O) groups is 1. The number of sulfonamides is 1. The van der Waals surface area contributed by atoms with Crippen LogP contribution in [0.4, 0.5) is 5.69 Å². The number of rotatable bonds is 9. The van der Waals surface area contributed by atoms with E-state index in [0.717, 1.165) is 0 Å². The molecule has 27 heavy (non-hydrogen) atoms. The van der Waals surface area contributed by atoms with Crippen LogP contribution < -0.4 is 14.8 Å². The van der Waals surface area contributed by atoms with E-state index in [2.05, 4.69) is 10.0 Å². The first-order valence-electron chi connectivity index (χ1n) is 8.19. The van der Waals surface area contributed by atoms with Gasteiger partial charge in [-0.3, -0.25) is 9.52 Å². The first-order valence-corrected chi connectivity index (χ1v) is 10.1. The Hall–Kier alpha value is -2.29. The molecule has 0 radical (unpaired) electrons. The Labute approximate surface area is 163 Å². The number of ether oxygens (including phenoxy) is 2. The van der Waals surface area contributed by atoms with Gasteiger partial charge in [0.1, 0.15) is 5.75 Å². The minimum atomic E-state index is -3.89. The predicted octanol–water partition coefficient (Wildman–Crippen LogP) is 2.92. The predicted molar refractivity (Wildman–Crippen MR) is 104 cm³/mol. The molecular weight excluding hydrogens is 392 g/mol. The Bertz CT molecular complexity index is 885. The molecule has 146 valence electrons. The highest BCUT2D eigenvalue weighted by Crippen LogP contribution is 2.23. The molecule has 9 heteroatoms. The van der Waals surface area contributed by atoms with Crippen molar-refractivity contribution in [1.82, 2.24) is 5.32 Å². The molecule has 0 unspecified atom stereocenters. The Morgan fingerprint density at radius 3 is 2.48 bits per heavy atom. The van der Waals surface area contributed by atoms with Crippen LogP contribution in [0.5, 0.6) is 5.75 Å². The summed E-state index contributed by atoms with van der Waals surface area (Å²) >= 11 is 6.04. The van der Waals surface area contributed by atoms with Crippen molar-refractivity contribution < 1.29 is 22.7 Å². The Morgan fingerprint density at radius 2 is 1.85 bits per heavy atom. The van der Waals surface area contributed by atoms with Crippen molar-refractivity contribution in [3.8, 4) is 5.75 Å². The molecule has 0 aromatic heterocycles. The summed E-state index contributed by atoms with van der Waals surface area (Å²) in [4.78, 5) is 12.1. The van der Waals surface area contributed by atoms with Gasteiger partial charge in [-0.05, 0) is 49.4 Å². The van der Waals surface area contributed by atoms with Gasteiger partial charge in [-0.2, -0.15) is 0 Å². The lowest BCUT2D eigenvalue weighted by Gasteiger charge is -2.11. The van der Waals surface area contributed by atoms with E-state index in [4.69, 9.17) is 21.1 Å². The maximum absolute atomic E-state index is 12.6. The molecule has 0 aliphatic carbocycles. The van der Waals surface area contributed by atoms with Gasteiger partial charge >= 0.3 is 0 Å². The third-order valence-corrected chi connectivity index (χ3v) is 5.21. The second kappa shape index (κ2) is 9.59. The van der Waals surface area contributed by atoms with Gasteiger partial charge in [-0.1, -0.05) is 11.6 Å². The summed E-state index contributed by atoms with van der Waals surface area (Å²) in [6.45, 7) is 3.00. The van der Waals surface area contributed by atoms with E-state index < -0.39 is 15.9 Å². The van der Waals surface area contributed by atoms with Crippen molar-refractivity contribution in [3.05, 3.63) is 53.1 Å². The third-order valence-electron chi connectivity index (χ3n) is 3.50. The number of amides is 1. The number of hydrogen-bond acceptors (Lipinski definition) is 5. The topological polar surface area (TPSA) is 93.7 Å². The second-order valence-corrected chi connectivity index (χ2v) is 7.54. The Kier molecular flexibility index (Phi) is 7.46. The molecule has 0 aliphatic heterocycles. The van der Waals surface area contributed by atoms with Crippen LogP contribution in [-0.2, 0) is 14.8 Å².